The van der Waals surface area contributed by atoms with Crippen LogP contribution in [0.2, 0.25) is 0 Å². The highest BCUT2D eigenvalue weighted by atomic mass is 16.1. The zero-order valence-electron chi connectivity index (χ0n) is 11.0. The van der Waals surface area contributed by atoms with Gasteiger partial charge in [0.1, 0.15) is 5.78 Å². The number of hydrogen-bond donors (Lipinski definition) is 0. The van der Waals surface area contributed by atoms with E-state index in [0.717, 1.165) is 26.2 Å². The average Bonchev–Trinajstić information content (AvgIpc) is 2.97. The Kier molecular flexibility index (Phi) is 2.87. The Morgan fingerprint density at radius 3 is 1.44 bits per heavy atom. The predicted molar refractivity (Wildman–Crippen MR) is 65.5 cm³/mol. The number of carbonyl (C=O) groups excluding carboxylic acids is 1. The highest BCUT2D eigenvalue weighted by Crippen LogP contribution is 2.30. The largest absolute Gasteiger partial charge is 0.300 e. The summed E-state index contributed by atoms with van der Waals surface area (Å²) in [6.07, 6.45) is 1.40. The fourth-order valence-corrected chi connectivity index (χ4v) is 2.56. The smallest absolute Gasteiger partial charge is 0.136 e. The molecule has 0 aromatic carbocycles. The maximum atomic E-state index is 12.1. The third-order valence-electron chi connectivity index (χ3n) is 3.87. The second-order valence-electron chi connectivity index (χ2n) is 6.49. The molecule has 3 nitrogen and oxygen atoms in total. The molecule has 2 fully saturated rings. The second-order valence-corrected chi connectivity index (χ2v) is 6.49. The lowest BCUT2D eigenvalue weighted by Crippen LogP contribution is -2.38. The molecule has 0 atom stereocenters. The molecule has 3 heteroatoms. The molecule has 0 aliphatic carbocycles. The van der Waals surface area contributed by atoms with E-state index in [4.69, 9.17) is 0 Å². The summed E-state index contributed by atoms with van der Waals surface area (Å²) in [6, 6.07) is 0. The SMILES string of the molecule is CC(C)(CC(=O)CC(C)(C)N1CC1)N1CC1. The molecule has 0 unspecified atom stereocenters. The van der Waals surface area contributed by atoms with Gasteiger partial charge in [0, 0.05) is 50.1 Å². The van der Waals surface area contributed by atoms with Crippen LogP contribution in [-0.4, -0.2) is 52.8 Å². The first kappa shape index (κ1) is 12.1. The monoisotopic (exact) mass is 224 g/mol. The van der Waals surface area contributed by atoms with Crippen molar-refractivity contribution in [3.63, 3.8) is 0 Å². The lowest BCUT2D eigenvalue weighted by atomic mass is 9.90. The number of rotatable bonds is 6. The summed E-state index contributed by atoms with van der Waals surface area (Å²) in [6.45, 7) is 13.4. The van der Waals surface area contributed by atoms with Gasteiger partial charge in [-0.05, 0) is 27.7 Å². The van der Waals surface area contributed by atoms with Gasteiger partial charge in [0.15, 0.2) is 0 Å². The van der Waals surface area contributed by atoms with Crippen molar-refractivity contribution >= 4 is 5.78 Å². The molecule has 16 heavy (non-hydrogen) atoms. The molecule has 2 heterocycles. The second kappa shape index (κ2) is 3.81. The van der Waals surface area contributed by atoms with Gasteiger partial charge < -0.3 is 0 Å². The number of carbonyl (C=O) groups is 1. The Hall–Kier alpha value is -0.410. The third kappa shape index (κ3) is 2.83. The van der Waals surface area contributed by atoms with Gasteiger partial charge >= 0.3 is 0 Å². The van der Waals surface area contributed by atoms with E-state index in [1.54, 1.807) is 0 Å². The van der Waals surface area contributed by atoms with Crippen LogP contribution in [0.15, 0.2) is 0 Å². The van der Waals surface area contributed by atoms with Gasteiger partial charge in [-0.25, -0.2) is 0 Å². The maximum Gasteiger partial charge on any atom is 0.136 e. The van der Waals surface area contributed by atoms with E-state index in [9.17, 15) is 4.79 Å². The normalized spacial score (nSPS) is 22.2. The number of nitrogens with zero attached hydrogens (tertiary/aromatic N) is 2. The minimum atomic E-state index is 0.0754. The topological polar surface area (TPSA) is 23.1 Å². The molecule has 0 aromatic rings. The van der Waals surface area contributed by atoms with Crippen LogP contribution in [0, 0.1) is 0 Å². The first-order valence-electron chi connectivity index (χ1n) is 6.33. The Morgan fingerprint density at radius 1 is 0.875 bits per heavy atom. The van der Waals surface area contributed by atoms with Crippen molar-refractivity contribution in [2.24, 2.45) is 0 Å². The molecule has 2 aliphatic rings. The minimum Gasteiger partial charge on any atom is -0.300 e. The Bertz CT molecular complexity index is 260. The fraction of sp³-hybridized carbons (Fsp3) is 0.923. The van der Waals surface area contributed by atoms with Crippen molar-refractivity contribution < 1.29 is 4.79 Å². The van der Waals surface area contributed by atoms with E-state index in [2.05, 4.69) is 37.5 Å². The fourth-order valence-electron chi connectivity index (χ4n) is 2.56. The lowest BCUT2D eigenvalue weighted by molar-refractivity contribution is -0.122. The standard InChI is InChI=1S/C13H24N2O/c1-12(2,14-5-6-14)9-11(16)10-13(3,4)15-7-8-15/h5-10H2,1-4H3. The molecule has 0 radical (unpaired) electrons. The summed E-state index contributed by atoms with van der Waals surface area (Å²) in [5.41, 5.74) is 0.151. The summed E-state index contributed by atoms with van der Waals surface area (Å²) in [4.78, 5) is 16.8. The van der Waals surface area contributed by atoms with Crippen molar-refractivity contribution in [1.82, 2.24) is 9.80 Å². The molecule has 92 valence electrons. The molecule has 0 saturated carbocycles. The summed E-state index contributed by atoms with van der Waals surface area (Å²) in [5, 5.41) is 0. The zero-order chi connectivity index (χ0) is 12.0. The minimum absolute atomic E-state index is 0.0754. The lowest BCUT2D eigenvalue weighted by Gasteiger charge is -2.29. The van der Waals surface area contributed by atoms with Crippen LogP contribution in [0.5, 0.6) is 0 Å². The number of Topliss-reactive ketones (excluding diaryl/α,β-unsaturated/α-hetero) is 1. The van der Waals surface area contributed by atoms with Crippen molar-refractivity contribution in [3.8, 4) is 0 Å². The summed E-state index contributed by atoms with van der Waals surface area (Å²) >= 11 is 0. The van der Waals surface area contributed by atoms with E-state index < -0.39 is 0 Å². The summed E-state index contributed by atoms with van der Waals surface area (Å²) in [7, 11) is 0. The van der Waals surface area contributed by atoms with Crippen LogP contribution in [0.25, 0.3) is 0 Å². The van der Waals surface area contributed by atoms with Crippen LogP contribution in [0.4, 0.5) is 0 Å². The Morgan fingerprint density at radius 2 is 1.19 bits per heavy atom. The van der Waals surface area contributed by atoms with Crippen molar-refractivity contribution in [2.45, 2.75) is 51.6 Å². The van der Waals surface area contributed by atoms with Crippen LogP contribution < -0.4 is 0 Å². The van der Waals surface area contributed by atoms with Gasteiger partial charge in [0.25, 0.3) is 0 Å². The molecule has 0 N–H and O–H groups in total. The van der Waals surface area contributed by atoms with Crippen LogP contribution >= 0.6 is 0 Å². The van der Waals surface area contributed by atoms with Gasteiger partial charge in [-0.15, -0.1) is 0 Å². The Labute approximate surface area is 98.8 Å². The van der Waals surface area contributed by atoms with E-state index in [-0.39, 0.29) is 11.1 Å². The molecule has 0 amide bonds. The number of hydrogen-bond acceptors (Lipinski definition) is 3. The van der Waals surface area contributed by atoms with Gasteiger partial charge in [-0.1, -0.05) is 0 Å². The van der Waals surface area contributed by atoms with Gasteiger partial charge in [0.2, 0.25) is 0 Å². The maximum absolute atomic E-state index is 12.1. The van der Waals surface area contributed by atoms with E-state index in [0.29, 0.717) is 18.6 Å². The zero-order valence-corrected chi connectivity index (χ0v) is 11.0. The van der Waals surface area contributed by atoms with Crippen LogP contribution in [-0.2, 0) is 4.79 Å². The highest BCUT2D eigenvalue weighted by Gasteiger charge is 2.39. The van der Waals surface area contributed by atoms with Crippen LogP contribution in [0.1, 0.15) is 40.5 Å². The van der Waals surface area contributed by atoms with Crippen LogP contribution in [0.3, 0.4) is 0 Å². The molecule has 0 spiro atoms. The Balaban J connectivity index is 1.83. The summed E-state index contributed by atoms with van der Waals surface area (Å²) in [5.74, 6) is 0.411. The van der Waals surface area contributed by atoms with Crippen molar-refractivity contribution in [2.75, 3.05) is 26.2 Å². The molecular formula is C13H24N2O. The first-order chi connectivity index (χ1) is 7.31. The van der Waals surface area contributed by atoms with Crippen molar-refractivity contribution in [3.05, 3.63) is 0 Å². The molecule has 2 saturated heterocycles. The first-order valence-corrected chi connectivity index (χ1v) is 6.33. The quantitative estimate of drug-likeness (QED) is 0.639. The molecule has 2 rings (SSSR count). The van der Waals surface area contributed by atoms with Gasteiger partial charge in [0.05, 0.1) is 0 Å². The third-order valence-corrected chi connectivity index (χ3v) is 3.87. The van der Waals surface area contributed by atoms with Crippen molar-refractivity contribution in [1.29, 1.82) is 0 Å². The average molecular weight is 224 g/mol. The van der Waals surface area contributed by atoms with Gasteiger partial charge in [-0.2, -0.15) is 0 Å². The van der Waals surface area contributed by atoms with E-state index in [1.165, 1.54) is 0 Å². The van der Waals surface area contributed by atoms with Gasteiger partial charge in [-0.3, -0.25) is 14.6 Å². The van der Waals surface area contributed by atoms with E-state index in [1.807, 2.05) is 0 Å². The van der Waals surface area contributed by atoms with E-state index >= 15 is 0 Å². The molecule has 0 bridgehead atoms. The highest BCUT2D eigenvalue weighted by molar-refractivity contribution is 5.80. The molecular weight excluding hydrogens is 200 g/mol. The predicted octanol–water partition coefficient (Wildman–Crippen LogP) is 1.52. The molecule has 2 aliphatic heterocycles. The number of ketones is 1. The summed E-state index contributed by atoms with van der Waals surface area (Å²) < 4.78 is 0. The molecule has 0 aromatic heterocycles.